The molecule has 1 unspecified atom stereocenters. The van der Waals surface area contributed by atoms with Gasteiger partial charge in [0.25, 0.3) is 0 Å². The Morgan fingerprint density at radius 2 is 2.00 bits per heavy atom. The molecule has 0 saturated carbocycles. The van der Waals surface area contributed by atoms with E-state index in [2.05, 4.69) is 29.1 Å². The van der Waals surface area contributed by atoms with Gasteiger partial charge in [0.1, 0.15) is 11.9 Å². The van der Waals surface area contributed by atoms with E-state index in [4.69, 9.17) is 0 Å². The van der Waals surface area contributed by atoms with E-state index in [-0.39, 0.29) is 0 Å². The standard InChI is InChI=1S/C11H19N3O/c1-9(2)4-12-7-11(3,15)10-5-13-8-14-6-10/h5-6,8-9,12,15H,4,7H2,1-3H3. The van der Waals surface area contributed by atoms with Gasteiger partial charge in [0.2, 0.25) is 0 Å². The Labute approximate surface area is 90.8 Å². The largest absolute Gasteiger partial charge is 0.384 e. The lowest BCUT2D eigenvalue weighted by Gasteiger charge is -2.24. The van der Waals surface area contributed by atoms with Crippen molar-refractivity contribution >= 4 is 0 Å². The Bertz CT molecular complexity index is 285. The van der Waals surface area contributed by atoms with Crippen molar-refractivity contribution in [1.29, 1.82) is 0 Å². The second-order valence-corrected chi connectivity index (χ2v) is 4.43. The van der Waals surface area contributed by atoms with Crippen molar-refractivity contribution in [2.24, 2.45) is 5.92 Å². The molecule has 0 aliphatic carbocycles. The van der Waals surface area contributed by atoms with Gasteiger partial charge in [-0.2, -0.15) is 0 Å². The van der Waals surface area contributed by atoms with Crippen molar-refractivity contribution in [2.75, 3.05) is 13.1 Å². The highest BCUT2D eigenvalue weighted by Crippen LogP contribution is 2.17. The third-order valence-electron chi connectivity index (χ3n) is 2.20. The summed E-state index contributed by atoms with van der Waals surface area (Å²) in [7, 11) is 0. The molecule has 1 heterocycles. The van der Waals surface area contributed by atoms with Crippen LogP contribution in [0.15, 0.2) is 18.7 Å². The number of hydrogen-bond acceptors (Lipinski definition) is 4. The van der Waals surface area contributed by atoms with Crippen LogP contribution in [-0.4, -0.2) is 28.2 Å². The van der Waals surface area contributed by atoms with Crippen LogP contribution in [0.25, 0.3) is 0 Å². The predicted molar refractivity (Wildman–Crippen MR) is 59.3 cm³/mol. The molecule has 0 radical (unpaired) electrons. The number of nitrogens with one attached hydrogen (secondary N) is 1. The quantitative estimate of drug-likeness (QED) is 0.757. The number of nitrogens with zero attached hydrogens (tertiary/aromatic N) is 2. The zero-order valence-corrected chi connectivity index (χ0v) is 9.57. The van der Waals surface area contributed by atoms with Gasteiger partial charge in [-0.25, -0.2) is 9.97 Å². The average Bonchev–Trinajstić information content (AvgIpc) is 2.18. The van der Waals surface area contributed by atoms with Crippen LogP contribution in [0.2, 0.25) is 0 Å². The second kappa shape index (κ2) is 5.19. The molecule has 0 aromatic carbocycles. The molecule has 0 fully saturated rings. The van der Waals surface area contributed by atoms with Crippen LogP contribution >= 0.6 is 0 Å². The minimum Gasteiger partial charge on any atom is -0.384 e. The van der Waals surface area contributed by atoms with E-state index >= 15 is 0 Å². The Hall–Kier alpha value is -1.00. The first-order valence-corrected chi connectivity index (χ1v) is 5.21. The summed E-state index contributed by atoms with van der Waals surface area (Å²) in [6.07, 6.45) is 4.75. The molecule has 84 valence electrons. The summed E-state index contributed by atoms with van der Waals surface area (Å²) in [5.74, 6) is 0.577. The van der Waals surface area contributed by atoms with Gasteiger partial charge in [0, 0.05) is 24.5 Å². The molecule has 4 nitrogen and oxygen atoms in total. The van der Waals surface area contributed by atoms with Gasteiger partial charge in [-0.1, -0.05) is 13.8 Å². The fraction of sp³-hybridized carbons (Fsp3) is 0.636. The van der Waals surface area contributed by atoms with Gasteiger partial charge >= 0.3 is 0 Å². The predicted octanol–water partition coefficient (Wildman–Crippen LogP) is 0.930. The Morgan fingerprint density at radius 1 is 1.40 bits per heavy atom. The van der Waals surface area contributed by atoms with Crippen molar-refractivity contribution in [3.05, 3.63) is 24.3 Å². The molecular formula is C11H19N3O. The Kier molecular flexibility index (Phi) is 4.17. The summed E-state index contributed by atoms with van der Waals surface area (Å²) >= 11 is 0. The van der Waals surface area contributed by atoms with E-state index in [1.54, 1.807) is 19.3 Å². The van der Waals surface area contributed by atoms with E-state index in [0.717, 1.165) is 12.1 Å². The third kappa shape index (κ3) is 3.93. The molecule has 1 aromatic heterocycles. The van der Waals surface area contributed by atoms with Gasteiger partial charge in [-0.15, -0.1) is 0 Å². The second-order valence-electron chi connectivity index (χ2n) is 4.43. The molecule has 15 heavy (non-hydrogen) atoms. The lowest BCUT2D eigenvalue weighted by Crippen LogP contribution is -2.37. The summed E-state index contributed by atoms with van der Waals surface area (Å²) in [5, 5.41) is 13.4. The minimum atomic E-state index is -0.907. The normalized spacial score (nSPS) is 15.3. The maximum absolute atomic E-state index is 10.2. The third-order valence-corrected chi connectivity index (χ3v) is 2.20. The number of hydrogen-bond donors (Lipinski definition) is 2. The van der Waals surface area contributed by atoms with Crippen LogP contribution in [0.5, 0.6) is 0 Å². The van der Waals surface area contributed by atoms with Crippen LogP contribution in [0.1, 0.15) is 26.3 Å². The van der Waals surface area contributed by atoms with Crippen molar-refractivity contribution < 1.29 is 5.11 Å². The number of rotatable bonds is 5. The van der Waals surface area contributed by atoms with E-state index in [1.165, 1.54) is 6.33 Å². The smallest absolute Gasteiger partial charge is 0.115 e. The van der Waals surface area contributed by atoms with E-state index in [1.807, 2.05) is 0 Å². The van der Waals surface area contributed by atoms with Gasteiger partial charge in [-0.3, -0.25) is 0 Å². The minimum absolute atomic E-state index is 0.512. The van der Waals surface area contributed by atoms with Crippen LogP contribution in [-0.2, 0) is 5.60 Å². The van der Waals surface area contributed by atoms with Gasteiger partial charge in [0.15, 0.2) is 0 Å². The summed E-state index contributed by atoms with van der Waals surface area (Å²) < 4.78 is 0. The highest BCUT2D eigenvalue weighted by atomic mass is 16.3. The van der Waals surface area contributed by atoms with E-state index in [0.29, 0.717) is 12.5 Å². The molecule has 1 rings (SSSR count). The zero-order chi connectivity index (χ0) is 11.3. The summed E-state index contributed by atoms with van der Waals surface area (Å²) in [6.45, 7) is 7.43. The molecular weight excluding hydrogens is 190 g/mol. The van der Waals surface area contributed by atoms with Crippen molar-refractivity contribution in [3.63, 3.8) is 0 Å². The van der Waals surface area contributed by atoms with E-state index in [9.17, 15) is 5.11 Å². The van der Waals surface area contributed by atoms with Crippen LogP contribution in [0, 0.1) is 5.92 Å². The molecule has 2 N–H and O–H groups in total. The van der Waals surface area contributed by atoms with Crippen LogP contribution in [0.3, 0.4) is 0 Å². The molecule has 4 heteroatoms. The molecule has 1 atom stereocenters. The van der Waals surface area contributed by atoms with Crippen LogP contribution in [0.4, 0.5) is 0 Å². The lowest BCUT2D eigenvalue weighted by molar-refractivity contribution is 0.0557. The Morgan fingerprint density at radius 3 is 2.53 bits per heavy atom. The topological polar surface area (TPSA) is 58.0 Å². The monoisotopic (exact) mass is 209 g/mol. The maximum Gasteiger partial charge on any atom is 0.115 e. The Balaban J connectivity index is 2.52. The van der Waals surface area contributed by atoms with Crippen molar-refractivity contribution in [1.82, 2.24) is 15.3 Å². The molecule has 0 bridgehead atoms. The number of aliphatic hydroxyl groups is 1. The summed E-state index contributed by atoms with van der Waals surface area (Å²) in [6, 6.07) is 0. The van der Waals surface area contributed by atoms with E-state index < -0.39 is 5.60 Å². The first kappa shape index (κ1) is 12.1. The molecule has 0 aliphatic heterocycles. The highest BCUT2D eigenvalue weighted by molar-refractivity contribution is 5.13. The summed E-state index contributed by atoms with van der Waals surface area (Å²) in [4.78, 5) is 7.79. The first-order chi connectivity index (χ1) is 7.02. The number of aromatic nitrogens is 2. The fourth-order valence-corrected chi connectivity index (χ4v) is 1.28. The average molecular weight is 209 g/mol. The van der Waals surface area contributed by atoms with Crippen molar-refractivity contribution in [2.45, 2.75) is 26.4 Å². The molecule has 0 saturated heterocycles. The molecule has 0 amide bonds. The van der Waals surface area contributed by atoms with Gasteiger partial charge in [-0.05, 0) is 19.4 Å². The van der Waals surface area contributed by atoms with Crippen LogP contribution < -0.4 is 5.32 Å². The maximum atomic E-state index is 10.2. The molecule has 0 spiro atoms. The van der Waals surface area contributed by atoms with Gasteiger partial charge < -0.3 is 10.4 Å². The van der Waals surface area contributed by atoms with Gasteiger partial charge in [0.05, 0.1) is 0 Å². The highest BCUT2D eigenvalue weighted by Gasteiger charge is 2.22. The first-order valence-electron chi connectivity index (χ1n) is 5.21. The SMILES string of the molecule is CC(C)CNCC(C)(O)c1cncnc1. The zero-order valence-electron chi connectivity index (χ0n) is 9.57. The lowest BCUT2D eigenvalue weighted by atomic mass is 9.99. The summed E-state index contributed by atoms with van der Waals surface area (Å²) in [5.41, 5.74) is -0.169. The molecule has 1 aromatic rings. The fourth-order valence-electron chi connectivity index (χ4n) is 1.28. The van der Waals surface area contributed by atoms with Crippen molar-refractivity contribution in [3.8, 4) is 0 Å². The molecule has 0 aliphatic rings.